The van der Waals surface area contributed by atoms with Crippen LogP contribution in [0.1, 0.15) is 34.6 Å². The van der Waals surface area contributed by atoms with Crippen LogP contribution in [-0.2, 0) is 4.84 Å². The first-order chi connectivity index (χ1) is 8.16. The third kappa shape index (κ3) is 1.86. The van der Waals surface area contributed by atoms with E-state index in [2.05, 4.69) is 5.16 Å². The highest BCUT2D eigenvalue weighted by Crippen LogP contribution is 2.27. The van der Waals surface area contributed by atoms with Gasteiger partial charge in [-0.15, -0.1) is 0 Å². The lowest BCUT2D eigenvalue weighted by molar-refractivity contribution is 0.0875. The molecule has 1 aliphatic rings. The zero-order valence-corrected chi connectivity index (χ0v) is 9.77. The largest absolute Gasteiger partial charge is 0.396 e. The Morgan fingerprint density at radius 2 is 1.76 bits per heavy atom. The zero-order chi connectivity index (χ0) is 12.4. The Morgan fingerprint density at radius 3 is 2.24 bits per heavy atom. The van der Waals surface area contributed by atoms with Gasteiger partial charge in [-0.05, 0) is 13.8 Å². The normalized spacial score (nSPS) is 16.2. The van der Waals surface area contributed by atoms with Crippen molar-refractivity contribution in [3.8, 4) is 0 Å². The summed E-state index contributed by atoms with van der Waals surface area (Å²) >= 11 is 0. The molecule has 1 aliphatic carbocycles. The van der Waals surface area contributed by atoms with Gasteiger partial charge in [0.2, 0.25) is 0 Å². The van der Waals surface area contributed by atoms with E-state index in [1.807, 2.05) is 0 Å². The molecule has 4 nitrogen and oxygen atoms in total. The number of rotatable bonds is 3. The van der Waals surface area contributed by atoms with Crippen LogP contribution in [0.5, 0.6) is 0 Å². The van der Waals surface area contributed by atoms with Gasteiger partial charge in [0, 0.05) is 11.1 Å². The summed E-state index contributed by atoms with van der Waals surface area (Å²) in [5.41, 5.74) is 1.38. The minimum absolute atomic E-state index is 0.188. The van der Waals surface area contributed by atoms with Crippen molar-refractivity contribution in [1.29, 1.82) is 0 Å². The molecule has 0 saturated carbocycles. The summed E-state index contributed by atoms with van der Waals surface area (Å²) in [5, 5.41) is 3.78. The molecule has 88 valence electrons. The van der Waals surface area contributed by atoms with Crippen LogP contribution in [0.4, 0.5) is 0 Å². The van der Waals surface area contributed by atoms with E-state index >= 15 is 0 Å². The smallest absolute Gasteiger partial charge is 0.180 e. The molecule has 0 spiro atoms. The van der Waals surface area contributed by atoms with E-state index in [0.717, 1.165) is 0 Å². The van der Waals surface area contributed by atoms with Crippen LogP contribution < -0.4 is 0 Å². The second kappa shape index (κ2) is 4.49. The van der Waals surface area contributed by atoms with Crippen LogP contribution >= 0.6 is 0 Å². The van der Waals surface area contributed by atoms with Crippen LogP contribution in [0.25, 0.3) is 0 Å². The third-order valence-electron chi connectivity index (χ3n) is 2.74. The van der Waals surface area contributed by atoms with Gasteiger partial charge >= 0.3 is 0 Å². The van der Waals surface area contributed by atoms with Gasteiger partial charge in [0.1, 0.15) is 12.5 Å². The van der Waals surface area contributed by atoms with Gasteiger partial charge in [-0.3, -0.25) is 9.59 Å². The quantitative estimate of drug-likeness (QED) is 0.454. The molecule has 0 bridgehead atoms. The second-order valence-corrected chi connectivity index (χ2v) is 3.86. The average molecular weight is 231 g/mol. The maximum Gasteiger partial charge on any atom is 0.180 e. The number of fused-ring (bicyclic) bond motifs is 1. The van der Waals surface area contributed by atoms with Crippen molar-refractivity contribution in [2.75, 3.05) is 6.61 Å². The van der Waals surface area contributed by atoms with Gasteiger partial charge in [0.05, 0.1) is 5.71 Å². The summed E-state index contributed by atoms with van der Waals surface area (Å²) in [6.45, 7) is 3.85. The molecule has 0 saturated heterocycles. The van der Waals surface area contributed by atoms with E-state index in [1.54, 1.807) is 38.1 Å². The Morgan fingerprint density at radius 1 is 1.24 bits per heavy atom. The number of carbonyl (C=O) groups excluding carboxylic acids is 2. The Balaban J connectivity index is 2.36. The first kappa shape index (κ1) is 11.5. The van der Waals surface area contributed by atoms with Gasteiger partial charge in [-0.1, -0.05) is 29.4 Å². The van der Waals surface area contributed by atoms with Crippen molar-refractivity contribution < 1.29 is 14.4 Å². The highest BCUT2D eigenvalue weighted by molar-refractivity contribution is 6.36. The highest BCUT2D eigenvalue weighted by Gasteiger charge is 2.40. The van der Waals surface area contributed by atoms with Crippen molar-refractivity contribution >= 4 is 17.3 Å². The van der Waals surface area contributed by atoms with Crippen LogP contribution in [0.2, 0.25) is 0 Å². The fraction of sp³-hybridized carbons (Fsp3) is 0.308. The van der Waals surface area contributed by atoms with Crippen LogP contribution in [0.15, 0.2) is 29.4 Å². The van der Waals surface area contributed by atoms with E-state index in [-0.39, 0.29) is 11.6 Å². The molecule has 17 heavy (non-hydrogen) atoms. The Bertz CT molecular complexity index is 470. The van der Waals surface area contributed by atoms with E-state index in [0.29, 0.717) is 23.4 Å². The fourth-order valence-electron chi connectivity index (χ4n) is 1.94. The van der Waals surface area contributed by atoms with Crippen LogP contribution in [-0.4, -0.2) is 23.9 Å². The monoisotopic (exact) mass is 231 g/mol. The Hall–Kier alpha value is -1.97. The number of carbonyl (C=O) groups is 2. The zero-order valence-electron chi connectivity index (χ0n) is 9.77. The molecule has 2 rings (SSSR count). The predicted molar refractivity (Wildman–Crippen MR) is 63.3 cm³/mol. The van der Waals surface area contributed by atoms with E-state index < -0.39 is 5.92 Å². The van der Waals surface area contributed by atoms with Gasteiger partial charge in [-0.25, -0.2) is 0 Å². The van der Waals surface area contributed by atoms with Gasteiger partial charge in [0.25, 0.3) is 0 Å². The SMILES string of the molecule is CCON=C(C)C1C(=O)c2ccccc2C1=O. The molecule has 1 aromatic rings. The number of hydrogen-bond acceptors (Lipinski definition) is 4. The van der Waals surface area contributed by atoms with E-state index in [4.69, 9.17) is 4.84 Å². The lowest BCUT2D eigenvalue weighted by Gasteiger charge is -2.05. The van der Waals surface area contributed by atoms with Crippen molar-refractivity contribution in [2.45, 2.75) is 13.8 Å². The molecule has 0 aromatic heterocycles. The number of nitrogens with zero attached hydrogens (tertiary/aromatic N) is 1. The first-order valence-electron chi connectivity index (χ1n) is 5.50. The standard InChI is InChI=1S/C13H13NO3/c1-3-17-14-8(2)11-12(15)9-6-4-5-7-10(9)13(11)16/h4-7,11H,3H2,1-2H3. The molecule has 4 heteroatoms. The molecular formula is C13H13NO3. The van der Waals surface area contributed by atoms with Gasteiger partial charge in [0.15, 0.2) is 11.6 Å². The topological polar surface area (TPSA) is 55.7 Å². The first-order valence-corrected chi connectivity index (χ1v) is 5.50. The molecule has 0 aliphatic heterocycles. The van der Waals surface area contributed by atoms with E-state index in [1.165, 1.54) is 0 Å². The summed E-state index contributed by atoms with van der Waals surface area (Å²) in [6.07, 6.45) is 0. The summed E-state index contributed by atoms with van der Waals surface area (Å²) in [7, 11) is 0. The summed E-state index contributed by atoms with van der Waals surface area (Å²) < 4.78 is 0. The Kier molecular flexibility index (Phi) is 3.04. The summed E-state index contributed by atoms with van der Waals surface area (Å²) in [6, 6.07) is 6.84. The molecular weight excluding hydrogens is 218 g/mol. The second-order valence-electron chi connectivity index (χ2n) is 3.86. The predicted octanol–water partition coefficient (Wildman–Crippen LogP) is 2.09. The fourth-order valence-corrected chi connectivity index (χ4v) is 1.94. The number of Topliss-reactive ketones (excluding diaryl/α,β-unsaturated/α-hetero) is 2. The van der Waals surface area contributed by atoms with Crippen molar-refractivity contribution in [2.24, 2.45) is 11.1 Å². The number of ketones is 2. The molecule has 1 aromatic carbocycles. The molecule has 0 N–H and O–H groups in total. The minimum atomic E-state index is -0.807. The van der Waals surface area contributed by atoms with Crippen molar-refractivity contribution in [1.82, 2.24) is 0 Å². The summed E-state index contributed by atoms with van der Waals surface area (Å²) in [5.74, 6) is -1.18. The molecule has 0 unspecified atom stereocenters. The lowest BCUT2D eigenvalue weighted by Crippen LogP contribution is -2.23. The van der Waals surface area contributed by atoms with E-state index in [9.17, 15) is 9.59 Å². The molecule has 0 amide bonds. The lowest BCUT2D eigenvalue weighted by atomic mass is 9.99. The van der Waals surface area contributed by atoms with Crippen molar-refractivity contribution in [3.63, 3.8) is 0 Å². The summed E-state index contributed by atoms with van der Waals surface area (Å²) in [4.78, 5) is 29.0. The molecule has 0 atom stereocenters. The molecule has 0 heterocycles. The molecule has 0 radical (unpaired) electrons. The number of oxime groups is 1. The Labute approximate surface area is 99.3 Å². The third-order valence-corrected chi connectivity index (χ3v) is 2.74. The maximum absolute atomic E-state index is 12.1. The van der Waals surface area contributed by atoms with Crippen molar-refractivity contribution in [3.05, 3.63) is 35.4 Å². The molecule has 0 fully saturated rings. The van der Waals surface area contributed by atoms with Gasteiger partial charge in [-0.2, -0.15) is 0 Å². The minimum Gasteiger partial charge on any atom is -0.396 e. The highest BCUT2D eigenvalue weighted by atomic mass is 16.6. The van der Waals surface area contributed by atoms with Crippen LogP contribution in [0.3, 0.4) is 0 Å². The number of hydrogen-bond donors (Lipinski definition) is 0. The average Bonchev–Trinajstić information content (AvgIpc) is 2.60. The van der Waals surface area contributed by atoms with Crippen LogP contribution in [0, 0.1) is 5.92 Å². The van der Waals surface area contributed by atoms with Gasteiger partial charge < -0.3 is 4.84 Å². The number of benzene rings is 1. The maximum atomic E-state index is 12.1.